The van der Waals surface area contributed by atoms with E-state index < -0.39 is 0 Å². The Bertz CT molecular complexity index is 209. The lowest BCUT2D eigenvalue weighted by Gasteiger charge is -2.34. The molecule has 1 saturated heterocycles. The Hall–Kier alpha value is -0.570. The van der Waals surface area contributed by atoms with Gasteiger partial charge in [-0.2, -0.15) is 0 Å². The zero-order valence-corrected chi connectivity index (χ0v) is 13.0. The summed E-state index contributed by atoms with van der Waals surface area (Å²) in [5, 5.41) is 0. The molecule has 0 bridgehead atoms. The molecule has 1 amide bonds. The molecule has 0 unspecified atom stereocenters. The summed E-state index contributed by atoms with van der Waals surface area (Å²) in [7, 11) is 0. The van der Waals surface area contributed by atoms with E-state index in [0.29, 0.717) is 18.2 Å². The Morgan fingerprint density at radius 3 is 1.94 bits per heavy atom. The second-order valence-electron chi connectivity index (χ2n) is 5.53. The van der Waals surface area contributed by atoms with Gasteiger partial charge in [-0.15, -0.1) is 0 Å². The molecule has 0 aromatic rings. The third-order valence-corrected chi connectivity index (χ3v) is 2.85. The van der Waals surface area contributed by atoms with E-state index in [1.54, 1.807) is 0 Å². The van der Waals surface area contributed by atoms with Gasteiger partial charge in [0.15, 0.2) is 0 Å². The predicted molar refractivity (Wildman–Crippen MR) is 78.7 cm³/mol. The highest BCUT2D eigenvalue weighted by molar-refractivity contribution is 5.76. The Kier molecular flexibility index (Phi) is 10.0. The van der Waals surface area contributed by atoms with Crippen LogP contribution in [0, 0.1) is 5.92 Å². The average Bonchev–Trinajstić information content (AvgIpc) is 2.30. The molecule has 108 valence electrons. The molecule has 0 radical (unpaired) electrons. The summed E-state index contributed by atoms with van der Waals surface area (Å²) in [6, 6.07) is 0. The van der Waals surface area contributed by atoms with Gasteiger partial charge in [-0.3, -0.25) is 9.69 Å². The standard InChI is InChI=1S/C12H24N2O.C3H8/c1-4-5-13-6-8-14(9-7-13)12(15)10-11(2)3;1-3-2/h11H,4-10H2,1-3H3;3H2,1-2H3. The van der Waals surface area contributed by atoms with Crippen LogP contribution in [0.1, 0.15) is 53.9 Å². The van der Waals surface area contributed by atoms with Gasteiger partial charge in [-0.25, -0.2) is 0 Å². The maximum Gasteiger partial charge on any atom is 0.222 e. The molecule has 3 heteroatoms. The molecule has 1 rings (SSSR count). The first-order valence-electron chi connectivity index (χ1n) is 7.55. The summed E-state index contributed by atoms with van der Waals surface area (Å²) in [5.41, 5.74) is 0. The molecule has 0 spiro atoms. The molecule has 18 heavy (non-hydrogen) atoms. The molecule has 3 nitrogen and oxygen atoms in total. The van der Waals surface area contributed by atoms with Crippen molar-refractivity contribution in [2.75, 3.05) is 32.7 Å². The van der Waals surface area contributed by atoms with E-state index in [9.17, 15) is 4.79 Å². The first-order chi connectivity index (χ1) is 8.54. The van der Waals surface area contributed by atoms with E-state index in [1.807, 2.05) is 4.90 Å². The zero-order valence-electron chi connectivity index (χ0n) is 13.0. The van der Waals surface area contributed by atoms with Crippen molar-refractivity contribution < 1.29 is 4.79 Å². The van der Waals surface area contributed by atoms with Crippen LogP contribution in [0.5, 0.6) is 0 Å². The van der Waals surface area contributed by atoms with Gasteiger partial charge in [0.1, 0.15) is 0 Å². The van der Waals surface area contributed by atoms with Crippen LogP contribution < -0.4 is 0 Å². The summed E-state index contributed by atoms with van der Waals surface area (Å²) in [6.07, 6.45) is 3.16. The largest absolute Gasteiger partial charge is 0.340 e. The quantitative estimate of drug-likeness (QED) is 0.772. The molecule has 0 N–H and O–H groups in total. The Morgan fingerprint density at radius 1 is 1.06 bits per heavy atom. The summed E-state index contributed by atoms with van der Waals surface area (Å²) >= 11 is 0. The third-order valence-electron chi connectivity index (χ3n) is 2.85. The van der Waals surface area contributed by atoms with Crippen molar-refractivity contribution in [3.8, 4) is 0 Å². The fourth-order valence-electron chi connectivity index (χ4n) is 2.02. The monoisotopic (exact) mass is 256 g/mol. The number of hydrogen-bond acceptors (Lipinski definition) is 2. The highest BCUT2D eigenvalue weighted by atomic mass is 16.2. The van der Waals surface area contributed by atoms with Crippen molar-refractivity contribution >= 4 is 5.91 Å². The normalized spacial score (nSPS) is 16.4. The van der Waals surface area contributed by atoms with Crippen LogP contribution in [0.3, 0.4) is 0 Å². The Labute approximate surface area is 114 Å². The Morgan fingerprint density at radius 2 is 1.56 bits per heavy atom. The minimum absolute atomic E-state index is 0.334. The fourth-order valence-corrected chi connectivity index (χ4v) is 2.02. The van der Waals surface area contributed by atoms with Gasteiger partial charge in [0.25, 0.3) is 0 Å². The maximum absolute atomic E-state index is 11.8. The lowest BCUT2D eigenvalue weighted by molar-refractivity contribution is -0.133. The molecule has 0 atom stereocenters. The first-order valence-corrected chi connectivity index (χ1v) is 7.55. The van der Waals surface area contributed by atoms with Crippen molar-refractivity contribution in [3.63, 3.8) is 0 Å². The van der Waals surface area contributed by atoms with Gasteiger partial charge < -0.3 is 4.90 Å². The minimum Gasteiger partial charge on any atom is -0.340 e. The van der Waals surface area contributed by atoms with E-state index in [4.69, 9.17) is 0 Å². The average molecular weight is 256 g/mol. The van der Waals surface area contributed by atoms with Crippen LogP contribution in [-0.2, 0) is 4.79 Å². The molecular formula is C15H32N2O. The molecule has 0 aliphatic carbocycles. The number of hydrogen-bond donors (Lipinski definition) is 0. The molecule has 1 aliphatic rings. The van der Waals surface area contributed by atoms with Crippen molar-refractivity contribution in [2.45, 2.75) is 53.9 Å². The van der Waals surface area contributed by atoms with E-state index in [-0.39, 0.29) is 0 Å². The van der Waals surface area contributed by atoms with Crippen LogP contribution in [0.15, 0.2) is 0 Å². The van der Waals surface area contributed by atoms with Gasteiger partial charge in [-0.05, 0) is 18.9 Å². The molecular weight excluding hydrogens is 224 g/mol. The summed E-state index contributed by atoms with van der Waals surface area (Å²) in [5.74, 6) is 0.812. The van der Waals surface area contributed by atoms with Crippen LogP contribution in [0.25, 0.3) is 0 Å². The second-order valence-corrected chi connectivity index (χ2v) is 5.53. The van der Waals surface area contributed by atoms with E-state index >= 15 is 0 Å². The van der Waals surface area contributed by atoms with Crippen molar-refractivity contribution in [3.05, 3.63) is 0 Å². The first kappa shape index (κ1) is 17.4. The smallest absolute Gasteiger partial charge is 0.222 e. The highest BCUT2D eigenvalue weighted by Gasteiger charge is 2.20. The summed E-state index contributed by atoms with van der Waals surface area (Å²) < 4.78 is 0. The maximum atomic E-state index is 11.8. The van der Waals surface area contributed by atoms with Crippen LogP contribution in [0.2, 0.25) is 0 Å². The van der Waals surface area contributed by atoms with E-state index in [1.165, 1.54) is 19.4 Å². The van der Waals surface area contributed by atoms with E-state index in [2.05, 4.69) is 39.5 Å². The minimum atomic E-state index is 0.334. The van der Waals surface area contributed by atoms with E-state index in [0.717, 1.165) is 26.2 Å². The van der Waals surface area contributed by atoms with Crippen molar-refractivity contribution in [2.24, 2.45) is 5.92 Å². The van der Waals surface area contributed by atoms with Crippen LogP contribution in [-0.4, -0.2) is 48.4 Å². The van der Waals surface area contributed by atoms with Crippen LogP contribution >= 0.6 is 0 Å². The van der Waals surface area contributed by atoms with Crippen molar-refractivity contribution in [1.82, 2.24) is 9.80 Å². The fraction of sp³-hybridized carbons (Fsp3) is 0.933. The Balaban J connectivity index is 0.000000873. The third kappa shape index (κ3) is 7.70. The van der Waals surface area contributed by atoms with Gasteiger partial charge >= 0.3 is 0 Å². The number of piperazine rings is 1. The van der Waals surface area contributed by atoms with Crippen LogP contribution in [0.4, 0.5) is 0 Å². The van der Waals surface area contributed by atoms with Crippen molar-refractivity contribution in [1.29, 1.82) is 0 Å². The number of rotatable bonds is 4. The van der Waals surface area contributed by atoms with Gasteiger partial charge in [0.2, 0.25) is 5.91 Å². The molecule has 0 aromatic carbocycles. The SMILES string of the molecule is CCC.CCCN1CCN(C(=O)CC(C)C)CC1. The summed E-state index contributed by atoms with van der Waals surface area (Å²) in [4.78, 5) is 16.2. The molecule has 0 saturated carbocycles. The molecule has 1 fully saturated rings. The lowest BCUT2D eigenvalue weighted by atomic mass is 10.1. The number of carbonyl (C=O) groups is 1. The number of nitrogens with zero attached hydrogens (tertiary/aromatic N) is 2. The lowest BCUT2D eigenvalue weighted by Crippen LogP contribution is -2.48. The van der Waals surface area contributed by atoms with Gasteiger partial charge in [0.05, 0.1) is 0 Å². The summed E-state index contributed by atoms with van der Waals surface area (Å²) in [6.45, 7) is 15.8. The predicted octanol–water partition coefficient (Wildman–Crippen LogP) is 3.00. The molecule has 0 aromatic heterocycles. The molecule has 1 aliphatic heterocycles. The number of carbonyl (C=O) groups excluding carboxylic acids is 1. The molecule has 1 heterocycles. The topological polar surface area (TPSA) is 23.6 Å². The van der Waals surface area contributed by atoms with Gasteiger partial charge in [-0.1, -0.05) is 41.0 Å². The zero-order chi connectivity index (χ0) is 14.0. The second kappa shape index (κ2) is 10.4. The van der Waals surface area contributed by atoms with Gasteiger partial charge in [0, 0.05) is 32.6 Å². The number of amides is 1. The highest BCUT2D eigenvalue weighted by Crippen LogP contribution is 2.08.